The predicted octanol–water partition coefficient (Wildman–Crippen LogP) is 3.74. The third-order valence-electron chi connectivity index (χ3n) is 4.76. The maximum absolute atomic E-state index is 12.8. The van der Waals surface area contributed by atoms with E-state index in [9.17, 15) is 24.6 Å². The van der Waals surface area contributed by atoms with Crippen LogP contribution < -0.4 is 0 Å². The summed E-state index contributed by atoms with van der Waals surface area (Å²) in [5.74, 6) is -2.85. The zero-order chi connectivity index (χ0) is 21.3. The van der Waals surface area contributed by atoms with Crippen molar-refractivity contribution >= 4 is 23.6 Å². The molecule has 6 heteroatoms. The highest BCUT2D eigenvalue weighted by molar-refractivity contribution is 6.30. The van der Waals surface area contributed by atoms with Crippen molar-refractivity contribution in [3.8, 4) is 11.5 Å². The Morgan fingerprint density at radius 3 is 2.33 bits per heavy atom. The van der Waals surface area contributed by atoms with Crippen LogP contribution in [-0.4, -0.2) is 34.4 Å². The minimum atomic E-state index is -0.743. The number of fused-ring (bicyclic) bond motifs is 2. The molecule has 0 saturated heterocycles. The Balaban J connectivity index is 1.58. The van der Waals surface area contributed by atoms with Gasteiger partial charge >= 0.3 is 5.97 Å². The monoisotopic (exact) mass is 400 g/mol. The number of rotatable bonds is 4. The molecule has 0 heterocycles. The molecule has 0 fully saturated rings. The Hall–Kier alpha value is -4.19. The van der Waals surface area contributed by atoms with E-state index in [0.717, 1.165) is 11.6 Å². The van der Waals surface area contributed by atoms with Gasteiger partial charge < -0.3 is 14.9 Å². The van der Waals surface area contributed by atoms with Gasteiger partial charge in [-0.25, -0.2) is 4.79 Å². The van der Waals surface area contributed by atoms with Crippen LogP contribution in [0.25, 0.3) is 6.08 Å². The standard InChI is InChI=1S/C24H16O6/c25-18-10-4-9-16-20(18)23(28)21-17(22(16)27)12-15(13-19(21)26)24(29)30-11-5-8-14-6-2-1-3-7-14/h1-10,12-13,25-26H,11H2. The summed E-state index contributed by atoms with van der Waals surface area (Å²) in [7, 11) is 0. The second-order valence-electron chi connectivity index (χ2n) is 6.69. The molecule has 0 amide bonds. The summed E-state index contributed by atoms with van der Waals surface area (Å²) in [5, 5.41) is 20.3. The maximum Gasteiger partial charge on any atom is 0.338 e. The number of ether oxygens (including phenoxy) is 1. The lowest BCUT2D eigenvalue weighted by Crippen LogP contribution is -2.22. The highest BCUT2D eigenvalue weighted by Crippen LogP contribution is 2.37. The molecule has 0 unspecified atom stereocenters. The van der Waals surface area contributed by atoms with Gasteiger partial charge in [0.15, 0.2) is 5.78 Å². The minimum Gasteiger partial charge on any atom is -0.507 e. The first-order valence-electron chi connectivity index (χ1n) is 9.14. The summed E-state index contributed by atoms with van der Waals surface area (Å²) in [5.41, 5.74) is 0.407. The molecule has 3 aromatic rings. The van der Waals surface area contributed by atoms with Gasteiger partial charge in [0, 0.05) is 11.1 Å². The van der Waals surface area contributed by atoms with Crippen molar-refractivity contribution in [3.05, 3.63) is 100 Å². The summed E-state index contributed by atoms with van der Waals surface area (Å²) in [6, 6.07) is 15.9. The summed E-state index contributed by atoms with van der Waals surface area (Å²) in [4.78, 5) is 37.9. The molecule has 3 aromatic carbocycles. The number of benzene rings is 3. The fourth-order valence-corrected chi connectivity index (χ4v) is 3.36. The predicted molar refractivity (Wildman–Crippen MR) is 109 cm³/mol. The third kappa shape index (κ3) is 3.35. The molecule has 0 aliphatic heterocycles. The van der Waals surface area contributed by atoms with Gasteiger partial charge in [0.2, 0.25) is 5.78 Å². The molecule has 0 radical (unpaired) electrons. The van der Waals surface area contributed by atoms with Crippen molar-refractivity contribution in [2.75, 3.05) is 6.61 Å². The number of carbonyl (C=O) groups is 3. The fourth-order valence-electron chi connectivity index (χ4n) is 3.36. The molecule has 1 aliphatic carbocycles. The molecule has 0 saturated carbocycles. The van der Waals surface area contributed by atoms with Crippen LogP contribution in [0.5, 0.6) is 11.5 Å². The largest absolute Gasteiger partial charge is 0.507 e. The number of aromatic hydroxyl groups is 2. The topological polar surface area (TPSA) is 101 Å². The van der Waals surface area contributed by atoms with Crippen LogP contribution in [0.3, 0.4) is 0 Å². The minimum absolute atomic E-state index is 0.00480. The van der Waals surface area contributed by atoms with Crippen molar-refractivity contribution < 1.29 is 29.3 Å². The van der Waals surface area contributed by atoms with Crippen molar-refractivity contribution in [3.63, 3.8) is 0 Å². The van der Waals surface area contributed by atoms with Crippen molar-refractivity contribution in [2.45, 2.75) is 0 Å². The van der Waals surface area contributed by atoms with E-state index in [-0.39, 0.29) is 40.2 Å². The second-order valence-corrected chi connectivity index (χ2v) is 6.69. The van der Waals surface area contributed by atoms with Gasteiger partial charge in [-0.1, -0.05) is 48.5 Å². The molecule has 0 atom stereocenters. The van der Waals surface area contributed by atoms with E-state index in [4.69, 9.17) is 4.74 Å². The second kappa shape index (κ2) is 7.67. The molecule has 148 valence electrons. The van der Waals surface area contributed by atoms with Crippen LogP contribution in [0.15, 0.2) is 66.7 Å². The molecule has 1 aliphatic rings. The van der Waals surface area contributed by atoms with Gasteiger partial charge in [-0.15, -0.1) is 0 Å². The van der Waals surface area contributed by atoms with E-state index in [0.29, 0.717) is 0 Å². The Labute approximate surface area is 171 Å². The average molecular weight is 400 g/mol. The lowest BCUT2D eigenvalue weighted by Gasteiger charge is -2.19. The number of carbonyl (C=O) groups excluding carboxylic acids is 3. The number of hydrogen-bond acceptors (Lipinski definition) is 6. The van der Waals surface area contributed by atoms with E-state index < -0.39 is 23.3 Å². The van der Waals surface area contributed by atoms with Crippen LogP contribution in [0.1, 0.15) is 47.8 Å². The first-order valence-corrected chi connectivity index (χ1v) is 9.14. The lowest BCUT2D eigenvalue weighted by molar-refractivity contribution is 0.0549. The van der Waals surface area contributed by atoms with Gasteiger partial charge in [-0.3, -0.25) is 9.59 Å². The lowest BCUT2D eigenvalue weighted by atomic mass is 9.82. The van der Waals surface area contributed by atoms with Crippen molar-refractivity contribution in [1.82, 2.24) is 0 Å². The van der Waals surface area contributed by atoms with Crippen LogP contribution in [-0.2, 0) is 4.74 Å². The van der Waals surface area contributed by atoms with Gasteiger partial charge in [0.1, 0.15) is 18.1 Å². The smallest absolute Gasteiger partial charge is 0.338 e. The molecule has 2 N–H and O–H groups in total. The van der Waals surface area contributed by atoms with Gasteiger partial charge in [0.25, 0.3) is 0 Å². The SMILES string of the molecule is O=C(OCC=Cc1ccccc1)c1cc(O)c2c(c1)C(=O)c1cccc(O)c1C2=O. The highest BCUT2D eigenvalue weighted by atomic mass is 16.5. The normalized spacial score (nSPS) is 12.5. The Morgan fingerprint density at radius 1 is 0.833 bits per heavy atom. The fraction of sp³-hybridized carbons (Fsp3) is 0.0417. The number of esters is 1. The van der Waals surface area contributed by atoms with Gasteiger partial charge in [0.05, 0.1) is 16.7 Å². The first-order chi connectivity index (χ1) is 14.5. The first kappa shape index (κ1) is 19.1. The molecule has 0 aromatic heterocycles. The quantitative estimate of drug-likeness (QED) is 0.506. The van der Waals surface area contributed by atoms with E-state index in [1.165, 1.54) is 24.3 Å². The van der Waals surface area contributed by atoms with Crippen LogP contribution in [0.4, 0.5) is 0 Å². The van der Waals surface area contributed by atoms with Crippen LogP contribution >= 0.6 is 0 Å². The summed E-state index contributed by atoms with van der Waals surface area (Å²) < 4.78 is 5.17. The summed E-state index contributed by atoms with van der Waals surface area (Å²) in [6.45, 7) is -0.00480. The summed E-state index contributed by atoms with van der Waals surface area (Å²) in [6.07, 6.45) is 3.46. The Kier molecular flexibility index (Phi) is 4.90. The van der Waals surface area contributed by atoms with Crippen LogP contribution in [0.2, 0.25) is 0 Å². The summed E-state index contributed by atoms with van der Waals surface area (Å²) >= 11 is 0. The number of phenolic OH excluding ortho intramolecular Hbond substituents is 2. The number of hydrogen-bond donors (Lipinski definition) is 2. The van der Waals surface area contributed by atoms with E-state index in [1.807, 2.05) is 30.3 Å². The van der Waals surface area contributed by atoms with Crippen LogP contribution in [0, 0.1) is 0 Å². The molecule has 6 nitrogen and oxygen atoms in total. The van der Waals surface area contributed by atoms with E-state index >= 15 is 0 Å². The zero-order valence-corrected chi connectivity index (χ0v) is 15.7. The average Bonchev–Trinajstić information content (AvgIpc) is 2.75. The number of ketones is 2. The van der Waals surface area contributed by atoms with E-state index in [1.54, 1.807) is 12.2 Å². The third-order valence-corrected chi connectivity index (χ3v) is 4.76. The van der Waals surface area contributed by atoms with Gasteiger partial charge in [-0.2, -0.15) is 0 Å². The van der Waals surface area contributed by atoms with Crippen molar-refractivity contribution in [1.29, 1.82) is 0 Å². The molecular formula is C24H16O6. The van der Waals surface area contributed by atoms with E-state index in [2.05, 4.69) is 0 Å². The molecule has 0 spiro atoms. The number of phenols is 2. The molecule has 4 rings (SSSR count). The Bertz CT molecular complexity index is 1210. The molecular weight excluding hydrogens is 384 g/mol. The Morgan fingerprint density at radius 2 is 1.57 bits per heavy atom. The van der Waals surface area contributed by atoms with Crippen molar-refractivity contribution in [2.24, 2.45) is 0 Å². The molecule has 30 heavy (non-hydrogen) atoms. The molecule has 0 bridgehead atoms. The maximum atomic E-state index is 12.8. The zero-order valence-electron chi connectivity index (χ0n) is 15.7. The highest BCUT2D eigenvalue weighted by Gasteiger charge is 2.35. The van der Waals surface area contributed by atoms with Gasteiger partial charge in [-0.05, 0) is 29.8 Å².